The Labute approximate surface area is 228 Å². The van der Waals surface area contributed by atoms with Crippen LogP contribution in [0.25, 0.3) is 33.3 Å². The Hall–Kier alpha value is -3.53. The summed E-state index contributed by atoms with van der Waals surface area (Å²) in [5, 5.41) is 10.3. The lowest BCUT2D eigenvalue weighted by Gasteiger charge is -2.22. The fourth-order valence-corrected chi connectivity index (χ4v) is 4.90. The van der Waals surface area contributed by atoms with Crippen LogP contribution in [0, 0.1) is 0 Å². The summed E-state index contributed by atoms with van der Waals surface area (Å²) in [6.45, 7) is 1.70. The number of nitrogens with zero attached hydrogens (tertiary/aromatic N) is 2. The van der Waals surface area contributed by atoms with Crippen molar-refractivity contribution in [3.63, 3.8) is 0 Å². The summed E-state index contributed by atoms with van der Waals surface area (Å²) >= 11 is 3.44. The van der Waals surface area contributed by atoms with Gasteiger partial charge in [-0.3, -0.25) is 4.98 Å². The Morgan fingerprint density at radius 3 is 2.39 bits per heavy atom. The molecule has 2 aromatic carbocycles. The van der Waals surface area contributed by atoms with Crippen molar-refractivity contribution < 1.29 is 28.8 Å². The van der Waals surface area contributed by atoms with Crippen LogP contribution in [0.3, 0.4) is 0 Å². The van der Waals surface area contributed by atoms with Crippen LogP contribution < -0.4 is 9.47 Å². The van der Waals surface area contributed by atoms with Gasteiger partial charge in [-0.05, 0) is 58.5 Å². The lowest BCUT2D eigenvalue weighted by atomic mass is 10.00. The number of aromatic carboxylic acids is 1. The number of methoxy groups -OCH3 is 1. The first-order valence-corrected chi connectivity index (χ1v) is 13.2. The minimum atomic E-state index is -1.11. The summed E-state index contributed by atoms with van der Waals surface area (Å²) in [6, 6.07) is 15.6. The molecule has 3 heterocycles. The lowest BCUT2D eigenvalue weighted by Crippen LogP contribution is -2.24. The van der Waals surface area contributed by atoms with Gasteiger partial charge in [0, 0.05) is 30.0 Å². The Balaban J connectivity index is 1.31. The molecule has 5 rings (SSSR count). The van der Waals surface area contributed by atoms with Crippen molar-refractivity contribution in [1.82, 2.24) is 9.97 Å². The highest BCUT2D eigenvalue weighted by molar-refractivity contribution is 9.10. The molecule has 38 heavy (non-hydrogen) atoms. The number of rotatable bonds is 9. The Kier molecular flexibility index (Phi) is 8.17. The standard InChI is InChI=1S/C29H27BrN2O6/c1-35-28-25(29(33)34)22-16-31-17-23(30)27(22)32-26(28)20-7-5-18(6-8-20)19-9-11-21(12-10-19)36-14-15-38-24-4-2-3-13-37-24/h5-12,16-17,24H,2-4,13-15H2,1H3,(H,33,34). The quantitative estimate of drug-likeness (QED) is 0.229. The zero-order chi connectivity index (χ0) is 26.5. The Morgan fingerprint density at radius 1 is 1.03 bits per heavy atom. The molecule has 1 aliphatic rings. The Morgan fingerprint density at radius 2 is 1.74 bits per heavy atom. The van der Waals surface area contributed by atoms with Crippen molar-refractivity contribution in [2.24, 2.45) is 0 Å². The van der Waals surface area contributed by atoms with E-state index in [0.29, 0.717) is 34.3 Å². The molecule has 0 amide bonds. The number of pyridine rings is 2. The number of carboxylic acids is 1. The first-order valence-electron chi connectivity index (χ1n) is 12.4. The zero-order valence-electron chi connectivity index (χ0n) is 20.9. The fraction of sp³-hybridized carbons (Fsp3) is 0.276. The number of carbonyl (C=O) groups is 1. The average molecular weight is 579 g/mol. The molecular weight excluding hydrogens is 552 g/mol. The van der Waals surface area contributed by atoms with Crippen molar-refractivity contribution in [2.75, 3.05) is 26.9 Å². The van der Waals surface area contributed by atoms with Crippen LogP contribution in [0.4, 0.5) is 0 Å². The molecule has 0 bridgehead atoms. The second kappa shape index (κ2) is 11.9. The molecule has 196 valence electrons. The number of hydrogen-bond acceptors (Lipinski definition) is 7. The van der Waals surface area contributed by atoms with Crippen LogP contribution in [0.5, 0.6) is 11.5 Å². The summed E-state index contributed by atoms with van der Waals surface area (Å²) in [4.78, 5) is 21.0. The lowest BCUT2D eigenvalue weighted by molar-refractivity contribution is -0.165. The zero-order valence-corrected chi connectivity index (χ0v) is 22.4. The maximum atomic E-state index is 12.1. The summed E-state index contributed by atoms with van der Waals surface area (Å²) in [5.74, 6) is -0.147. The number of halogens is 1. The predicted molar refractivity (Wildman–Crippen MR) is 147 cm³/mol. The maximum Gasteiger partial charge on any atom is 0.340 e. The molecule has 1 aliphatic heterocycles. The molecule has 1 unspecified atom stereocenters. The van der Waals surface area contributed by atoms with Gasteiger partial charge in [-0.2, -0.15) is 0 Å². The predicted octanol–water partition coefficient (Wildman–Crippen LogP) is 6.36. The second-order valence-electron chi connectivity index (χ2n) is 8.81. The SMILES string of the molecule is COc1c(-c2ccc(-c3ccc(OCCOC4CCCCO4)cc3)cc2)nc2c(Br)cncc2c1C(=O)O. The van der Waals surface area contributed by atoms with Crippen LogP contribution in [0.15, 0.2) is 65.4 Å². The molecule has 1 atom stereocenters. The van der Waals surface area contributed by atoms with E-state index in [-0.39, 0.29) is 17.6 Å². The van der Waals surface area contributed by atoms with Gasteiger partial charge in [0.25, 0.3) is 0 Å². The van der Waals surface area contributed by atoms with Gasteiger partial charge in [0.1, 0.15) is 23.6 Å². The molecule has 1 saturated heterocycles. The van der Waals surface area contributed by atoms with Gasteiger partial charge in [-0.15, -0.1) is 0 Å². The summed E-state index contributed by atoms with van der Waals surface area (Å²) < 4.78 is 23.2. The van der Waals surface area contributed by atoms with Crippen molar-refractivity contribution in [3.05, 3.63) is 71.0 Å². The molecule has 9 heteroatoms. The van der Waals surface area contributed by atoms with E-state index < -0.39 is 5.97 Å². The van der Waals surface area contributed by atoms with E-state index in [1.807, 2.05) is 48.5 Å². The van der Waals surface area contributed by atoms with Gasteiger partial charge in [-0.1, -0.05) is 36.4 Å². The van der Waals surface area contributed by atoms with Gasteiger partial charge in [0.05, 0.1) is 23.7 Å². The van der Waals surface area contributed by atoms with Crippen LogP contribution in [-0.2, 0) is 9.47 Å². The number of hydrogen-bond donors (Lipinski definition) is 1. The largest absolute Gasteiger partial charge is 0.494 e. The smallest absolute Gasteiger partial charge is 0.340 e. The monoisotopic (exact) mass is 578 g/mol. The molecule has 4 aromatic rings. The fourth-order valence-electron chi connectivity index (χ4n) is 4.48. The van der Waals surface area contributed by atoms with E-state index in [4.69, 9.17) is 23.9 Å². The molecule has 8 nitrogen and oxygen atoms in total. The topological polar surface area (TPSA) is 100 Å². The van der Waals surface area contributed by atoms with Gasteiger partial charge >= 0.3 is 5.97 Å². The average Bonchev–Trinajstić information content (AvgIpc) is 2.95. The minimum Gasteiger partial charge on any atom is -0.494 e. The van der Waals surface area contributed by atoms with E-state index in [1.165, 1.54) is 13.3 Å². The number of aromatic nitrogens is 2. The minimum absolute atomic E-state index is 0.0256. The number of fused-ring (bicyclic) bond motifs is 1. The molecule has 1 fully saturated rings. The summed E-state index contributed by atoms with van der Waals surface area (Å²) in [7, 11) is 1.44. The first kappa shape index (κ1) is 26.1. The molecule has 1 N–H and O–H groups in total. The number of ether oxygens (including phenoxy) is 4. The first-order chi connectivity index (χ1) is 18.5. The van der Waals surface area contributed by atoms with Crippen LogP contribution >= 0.6 is 15.9 Å². The van der Waals surface area contributed by atoms with E-state index in [2.05, 4.69) is 20.9 Å². The highest BCUT2D eigenvalue weighted by Gasteiger charge is 2.23. The van der Waals surface area contributed by atoms with E-state index >= 15 is 0 Å². The molecule has 2 aromatic heterocycles. The molecule has 0 saturated carbocycles. The van der Waals surface area contributed by atoms with E-state index in [9.17, 15) is 9.90 Å². The molecule has 0 spiro atoms. The van der Waals surface area contributed by atoms with E-state index in [0.717, 1.165) is 48.3 Å². The summed E-state index contributed by atoms with van der Waals surface area (Å²) in [6.07, 6.45) is 6.13. The summed E-state index contributed by atoms with van der Waals surface area (Å²) in [5.41, 5.74) is 3.74. The van der Waals surface area contributed by atoms with Gasteiger partial charge < -0.3 is 24.1 Å². The van der Waals surface area contributed by atoms with E-state index in [1.54, 1.807) is 6.20 Å². The van der Waals surface area contributed by atoms with Gasteiger partial charge in [0.2, 0.25) is 0 Å². The number of carboxylic acid groups (broad SMARTS) is 1. The second-order valence-corrected chi connectivity index (χ2v) is 9.66. The third-order valence-electron chi connectivity index (χ3n) is 6.37. The van der Waals surface area contributed by atoms with Crippen molar-refractivity contribution >= 4 is 32.8 Å². The highest BCUT2D eigenvalue weighted by atomic mass is 79.9. The third kappa shape index (κ3) is 5.65. The maximum absolute atomic E-state index is 12.1. The third-order valence-corrected chi connectivity index (χ3v) is 6.95. The van der Waals surface area contributed by atoms with Crippen molar-refractivity contribution in [3.8, 4) is 33.9 Å². The van der Waals surface area contributed by atoms with Crippen molar-refractivity contribution in [1.29, 1.82) is 0 Å². The highest BCUT2D eigenvalue weighted by Crippen LogP contribution is 2.38. The van der Waals surface area contributed by atoms with Gasteiger partial charge in [-0.25, -0.2) is 9.78 Å². The molecular formula is C29H27BrN2O6. The normalized spacial score (nSPS) is 15.4. The number of benzene rings is 2. The van der Waals surface area contributed by atoms with Gasteiger partial charge in [0.15, 0.2) is 12.0 Å². The van der Waals surface area contributed by atoms with Crippen LogP contribution in [-0.4, -0.2) is 54.3 Å². The van der Waals surface area contributed by atoms with Crippen molar-refractivity contribution in [2.45, 2.75) is 25.6 Å². The Bertz CT molecular complexity index is 1420. The van der Waals surface area contributed by atoms with Crippen LogP contribution in [0.1, 0.15) is 29.6 Å². The van der Waals surface area contributed by atoms with Crippen LogP contribution in [0.2, 0.25) is 0 Å². The molecule has 0 aliphatic carbocycles. The molecule has 0 radical (unpaired) electrons.